The summed E-state index contributed by atoms with van der Waals surface area (Å²) >= 11 is 3.04. The highest BCUT2D eigenvalue weighted by Crippen LogP contribution is 2.28. The number of hydrogen-bond donors (Lipinski definition) is 4. The van der Waals surface area contributed by atoms with Crippen molar-refractivity contribution in [2.75, 3.05) is 16.4 Å². The Morgan fingerprint density at radius 3 is 2.86 bits per heavy atom. The van der Waals surface area contributed by atoms with Crippen molar-refractivity contribution in [3.05, 3.63) is 52.4 Å². The van der Waals surface area contributed by atoms with Gasteiger partial charge < -0.3 is 16.2 Å². The van der Waals surface area contributed by atoms with Crippen LogP contribution in [0, 0.1) is 12.7 Å². The molecule has 3 rings (SSSR count). The number of anilines is 3. The number of nitrogens with one attached hydrogen (secondary N) is 2. The van der Waals surface area contributed by atoms with Gasteiger partial charge in [-0.25, -0.2) is 24.1 Å². The molecule has 3 heterocycles. The van der Waals surface area contributed by atoms with Gasteiger partial charge in [-0.1, -0.05) is 0 Å². The van der Waals surface area contributed by atoms with Crippen LogP contribution in [0.15, 0.2) is 35.2 Å². The molecule has 0 radical (unpaired) electrons. The van der Waals surface area contributed by atoms with Gasteiger partial charge in [0.15, 0.2) is 5.82 Å². The summed E-state index contributed by atoms with van der Waals surface area (Å²) in [5.74, 6) is -0.572. The van der Waals surface area contributed by atoms with Crippen LogP contribution in [0.25, 0.3) is 11.3 Å². The van der Waals surface area contributed by atoms with Gasteiger partial charge in [-0.2, -0.15) is 0 Å². The third-order valence-electron chi connectivity index (χ3n) is 3.66. The second-order valence-corrected chi connectivity index (χ2v) is 6.47. The van der Waals surface area contributed by atoms with Crippen molar-refractivity contribution >= 4 is 39.3 Å². The first-order valence-electron chi connectivity index (χ1n) is 7.97. The third kappa shape index (κ3) is 4.49. The molecule has 28 heavy (non-hydrogen) atoms. The number of aromatic nitrogens is 4. The van der Waals surface area contributed by atoms with Crippen LogP contribution in [0.4, 0.5) is 26.5 Å². The maximum absolute atomic E-state index is 13.5. The second kappa shape index (κ2) is 8.13. The Morgan fingerprint density at radius 1 is 1.32 bits per heavy atom. The molecule has 0 aromatic carbocycles. The molecule has 0 atom stereocenters. The first kappa shape index (κ1) is 19.4. The van der Waals surface area contributed by atoms with Gasteiger partial charge in [0.05, 0.1) is 35.5 Å². The molecule has 144 valence electrons. The maximum Gasteiger partial charge on any atom is 0.411 e. The van der Waals surface area contributed by atoms with Crippen LogP contribution in [0.2, 0.25) is 0 Å². The molecule has 3 aromatic rings. The summed E-state index contributed by atoms with van der Waals surface area (Å²) in [5, 5.41) is 14.2. The summed E-state index contributed by atoms with van der Waals surface area (Å²) in [6, 6.07) is 4.64. The molecule has 0 spiro atoms. The van der Waals surface area contributed by atoms with E-state index >= 15 is 0 Å². The highest BCUT2D eigenvalue weighted by molar-refractivity contribution is 9.10. The molecule has 0 aliphatic rings. The predicted molar refractivity (Wildman–Crippen MR) is 105 cm³/mol. The highest BCUT2D eigenvalue weighted by atomic mass is 79.9. The standard InChI is InChI=1S/C17H15BrFN7O2/c1-8-4-12(25-16(23-8)26-17(27)28)9-2-3-21-6-13(9)22-7-14-11(20)5-10(19)15(18)24-14/h2-6,22H,7,20H2,1H3,(H,27,28)(H,23,25,26). The molecular formula is C17H15BrFN7O2. The maximum atomic E-state index is 13.5. The van der Waals surface area contributed by atoms with Gasteiger partial charge in [0.1, 0.15) is 4.60 Å². The van der Waals surface area contributed by atoms with Gasteiger partial charge in [0.2, 0.25) is 5.95 Å². The molecule has 0 saturated carbocycles. The van der Waals surface area contributed by atoms with Gasteiger partial charge in [-0.05, 0) is 35.0 Å². The van der Waals surface area contributed by atoms with Crippen molar-refractivity contribution in [3.63, 3.8) is 0 Å². The van der Waals surface area contributed by atoms with Crippen LogP contribution >= 0.6 is 15.9 Å². The quantitative estimate of drug-likeness (QED) is 0.436. The largest absolute Gasteiger partial charge is 0.465 e. The van der Waals surface area contributed by atoms with Crippen molar-refractivity contribution in [3.8, 4) is 11.3 Å². The van der Waals surface area contributed by atoms with Crippen LogP contribution in [-0.2, 0) is 6.54 Å². The van der Waals surface area contributed by atoms with Gasteiger partial charge in [0.25, 0.3) is 0 Å². The van der Waals surface area contributed by atoms with Gasteiger partial charge in [-0.15, -0.1) is 0 Å². The van der Waals surface area contributed by atoms with Crippen LogP contribution in [-0.4, -0.2) is 31.1 Å². The van der Waals surface area contributed by atoms with Crippen molar-refractivity contribution in [1.29, 1.82) is 0 Å². The topological polar surface area (TPSA) is 139 Å². The zero-order valence-corrected chi connectivity index (χ0v) is 16.2. The molecule has 1 amide bonds. The summed E-state index contributed by atoms with van der Waals surface area (Å²) in [7, 11) is 0. The minimum Gasteiger partial charge on any atom is -0.465 e. The lowest BCUT2D eigenvalue weighted by atomic mass is 10.1. The molecule has 0 saturated heterocycles. The summed E-state index contributed by atoms with van der Waals surface area (Å²) in [6.07, 6.45) is 1.92. The number of carboxylic acid groups (broad SMARTS) is 1. The van der Waals surface area contributed by atoms with E-state index in [1.54, 1.807) is 31.5 Å². The number of aryl methyl sites for hydroxylation is 1. The average Bonchev–Trinajstić information content (AvgIpc) is 2.63. The normalized spacial score (nSPS) is 10.5. The van der Waals surface area contributed by atoms with E-state index in [9.17, 15) is 9.18 Å². The van der Waals surface area contributed by atoms with Crippen LogP contribution in [0.5, 0.6) is 0 Å². The molecular weight excluding hydrogens is 433 g/mol. The molecule has 9 nitrogen and oxygen atoms in total. The minimum atomic E-state index is -1.26. The SMILES string of the molecule is Cc1cc(-c2ccncc2NCc2nc(Br)c(F)cc2N)nc(NC(=O)O)n1. The molecule has 0 unspecified atom stereocenters. The lowest BCUT2D eigenvalue weighted by Gasteiger charge is -2.13. The lowest BCUT2D eigenvalue weighted by molar-refractivity contribution is 0.209. The summed E-state index contributed by atoms with van der Waals surface area (Å²) in [5.41, 5.74) is 8.87. The van der Waals surface area contributed by atoms with Crippen molar-refractivity contribution < 1.29 is 14.3 Å². The Labute approximate surface area is 167 Å². The average molecular weight is 448 g/mol. The molecule has 0 aliphatic heterocycles. The Bertz CT molecular complexity index is 1050. The predicted octanol–water partition coefficient (Wildman–Crippen LogP) is 3.43. The lowest BCUT2D eigenvalue weighted by Crippen LogP contribution is -2.12. The van der Waals surface area contributed by atoms with Gasteiger partial charge in [0, 0.05) is 23.5 Å². The Morgan fingerprint density at radius 2 is 2.11 bits per heavy atom. The van der Waals surface area contributed by atoms with Gasteiger partial charge >= 0.3 is 6.09 Å². The van der Waals surface area contributed by atoms with E-state index < -0.39 is 11.9 Å². The van der Waals surface area contributed by atoms with Crippen LogP contribution in [0.1, 0.15) is 11.4 Å². The van der Waals surface area contributed by atoms with E-state index in [0.717, 1.165) is 0 Å². The Hall–Kier alpha value is -3.34. The van der Waals surface area contributed by atoms with E-state index in [0.29, 0.717) is 28.3 Å². The van der Waals surface area contributed by atoms with E-state index in [1.165, 1.54) is 6.07 Å². The second-order valence-electron chi connectivity index (χ2n) is 5.72. The molecule has 0 aliphatic carbocycles. The Balaban J connectivity index is 1.91. The fourth-order valence-electron chi connectivity index (χ4n) is 2.45. The van der Waals surface area contributed by atoms with E-state index in [4.69, 9.17) is 10.8 Å². The monoisotopic (exact) mass is 447 g/mol. The number of halogens is 2. The van der Waals surface area contributed by atoms with Crippen LogP contribution in [0.3, 0.4) is 0 Å². The number of nitrogens with two attached hydrogens (primary N) is 1. The molecule has 11 heteroatoms. The molecule has 0 fully saturated rings. The number of rotatable bonds is 5. The molecule has 5 N–H and O–H groups in total. The zero-order chi connectivity index (χ0) is 20.3. The van der Waals surface area contributed by atoms with Crippen LogP contribution < -0.4 is 16.4 Å². The fourth-order valence-corrected chi connectivity index (χ4v) is 2.78. The molecule has 0 bridgehead atoms. The Kier molecular flexibility index (Phi) is 5.64. The van der Waals surface area contributed by atoms with E-state index in [1.807, 2.05) is 0 Å². The fraction of sp³-hybridized carbons (Fsp3) is 0.118. The first-order valence-corrected chi connectivity index (χ1v) is 8.77. The number of nitrogen functional groups attached to an aromatic ring is 1. The van der Waals surface area contributed by atoms with Crippen molar-refractivity contribution in [2.24, 2.45) is 0 Å². The van der Waals surface area contributed by atoms with E-state index in [2.05, 4.69) is 46.5 Å². The van der Waals surface area contributed by atoms with Crippen molar-refractivity contribution in [2.45, 2.75) is 13.5 Å². The highest BCUT2D eigenvalue weighted by Gasteiger charge is 2.13. The van der Waals surface area contributed by atoms with Gasteiger partial charge in [-0.3, -0.25) is 10.3 Å². The summed E-state index contributed by atoms with van der Waals surface area (Å²) in [6.45, 7) is 1.95. The molecule has 3 aromatic heterocycles. The number of amides is 1. The minimum absolute atomic E-state index is 0.0290. The van der Waals surface area contributed by atoms with Crippen molar-refractivity contribution in [1.82, 2.24) is 19.9 Å². The smallest absolute Gasteiger partial charge is 0.411 e. The number of pyridine rings is 2. The van der Waals surface area contributed by atoms with E-state index in [-0.39, 0.29) is 22.8 Å². The first-order chi connectivity index (χ1) is 13.3. The number of nitrogens with zero attached hydrogens (tertiary/aromatic N) is 4. The number of hydrogen-bond acceptors (Lipinski definition) is 7. The summed E-state index contributed by atoms with van der Waals surface area (Å²) < 4.78 is 13.6. The zero-order valence-electron chi connectivity index (χ0n) is 14.6. The summed E-state index contributed by atoms with van der Waals surface area (Å²) in [4.78, 5) is 27.3. The third-order valence-corrected chi connectivity index (χ3v) is 4.22. The number of carbonyl (C=O) groups is 1.